The Morgan fingerprint density at radius 3 is 1.38 bits per heavy atom. The second-order valence-electron chi connectivity index (χ2n) is 28.0. The number of amides is 2. The van der Waals surface area contributed by atoms with Crippen molar-refractivity contribution in [3.63, 3.8) is 0 Å². The maximum absolute atomic E-state index is 15.0. The van der Waals surface area contributed by atoms with Crippen LogP contribution in [0.2, 0.25) is 10.0 Å². The first kappa shape index (κ1) is 80.1. The van der Waals surface area contributed by atoms with Crippen LogP contribution in [0.4, 0.5) is 61.5 Å². The average Bonchev–Trinajstić information content (AvgIpc) is 1.58. The van der Waals surface area contributed by atoms with Gasteiger partial charge in [0.05, 0.1) is 92.5 Å². The Bertz CT molecular complexity index is 4800. The number of nitrogens with one attached hydrogen (secondary N) is 1. The third-order valence-corrected chi connectivity index (χ3v) is 20.0. The molecule has 2 amide bonds. The Morgan fingerprint density at radius 1 is 0.591 bits per heavy atom. The minimum Gasteiger partial charge on any atom is -0.463 e. The van der Waals surface area contributed by atoms with Crippen molar-refractivity contribution in [3.8, 4) is 45.8 Å². The Labute approximate surface area is 625 Å². The number of aromatic nitrogens is 10. The molecule has 110 heavy (non-hydrogen) atoms. The fraction of sp³-hybridized carbons (Fsp3) is 0.394. The molecular formula is C71H63Cl2F14N17O6. The van der Waals surface area contributed by atoms with Crippen molar-refractivity contribution in [2.75, 3.05) is 13.2 Å². The number of rotatable bonds is 26. The van der Waals surface area contributed by atoms with Gasteiger partial charge in [-0.2, -0.15) is 74.8 Å². The van der Waals surface area contributed by atoms with Gasteiger partial charge in [-0.15, -0.1) is 0 Å². The monoisotopic (exact) mass is 1590 g/mol. The van der Waals surface area contributed by atoms with E-state index in [4.69, 9.17) is 38.4 Å². The van der Waals surface area contributed by atoms with Crippen LogP contribution in [0, 0.1) is 44.3 Å². The molecule has 39 heteroatoms. The predicted molar refractivity (Wildman–Crippen MR) is 362 cm³/mol. The Hall–Kier alpha value is -11.0. The zero-order valence-electron chi connectivity index (χ0n) is 58.1. The van der Waals surface area contributed by atoms with E-state index in [1.54, 1.807) is 52.0 Å². The fourth-order valence-electron chi connectivity index (χ4n) is 13.2. The molecule has 3 fully saturated rings. The summed E-state index contributed by atoms with van der Waals surface area (Å²) in [6, 6.07) is 21.8. The van der Waals surface area contributed by atoms with Crippen LogP contribution < -0.4 is 11.1 Å². The van der Waals surface area contributed by atoms with E-state index in [-0.39, 0.29) is 82.5 Å². The topological polar surface area (TPSA) is 288 Å². The number of hydrogen-bond acceptors (Lipinski definition) is 17. The van der Waals surface area contributed by atoms with Crippen LogP contribution >= 0.6 is 23.2 Å². The smallest absolute Gasteiger partial charge is 0.395 e. The summed E-state index contributed by atoms with van der Waals surface area (Å²) in [6.07, 6.45) is -12.4. The highest BCUT2D eigenvalue weighted by atomic mass is 35.5. The quantitative estimate of drug-likeness (QED) is 0.0376. The molecule has 2 saturated carbocycles. The van der Waals surface area contributed by atoms with Crippen LogP contribution in [0.5, 0.6) is 0 Å². The summed E-state index contributed by atoms with van der Waals surface area (Å²) >= 11 is 12.8. The summed E-state index contributed by atoms with van der Waals surface area (Å²) in [5, 5.41) is 38.0. The second-order valence-corrected chi connectivity index (χ2v) is 28.8. The first-order valence-corrected chi connectivity index (χ1v) is 34.0. The molecule has 0 radical (unpaired) electrons. The van der Waals surface area contributed by atoms with Gasteiger partial charge in [0.1, 0.15) is 37.2 Å². The van der Waals surface area contributed by atoms with Crippen LogP contribution in [0.15, 0.2) is 140 Å². The number of carbonyl (C=O) groups is 4. The molecule has 2 aliphatic heterocycles. The minimum atomic E-state index is -4.66. The molecule has 3 N–H and O–H groups in total. The van der Waals surface area contributed by atoms with Crippen molar-refractivity contribution in [2.24, 2.45) is 32.4 Å². The lowest BCUT2D eigenvalue weighted by Gasteiger charge is -2.34. The Balaban J connectivity index is 0.000000218. The van der Waals surface area contributed by atoms with Crippen molar-refractivity contribution in [3.05, 3.63) is 179 Å². The van der Waals surface area contributed by atoms with Crippen molar-refractivity contribution in [1.82, 2.24) is 64.2 Å². The summed E-state index contributed by atoms with van der Waals surface area (Å²) in [7, 11) is 0. The van der Waals surface area contributed by atoms with Crippen LogP contribution in [-0.4, -0.2) is 114 Å². The molecule has 23 nitrogen and oxygen atoms in total. The second kappa shape index (κ2) is 30.1. The van der Waals surface area contributed by atoms with E-state index < -0.39 is 151 Å². The number of halogens is 16. The third-order valence-electron chi connectivity index (χ3n) is 19.4. The number of hydrogen-bond donors (Lipinski definition) is 2. The molecule has 0 bridgehead atoms. The normalized spacial score (nSPS) is 18.8. The number of esters is 2. The van der Waals surface area contributed by atoms with Gasteiger partial charge in [0, 0.05) is 36.4 Å². The lowest BCUT2D eigenvalue weighted by molar-refractivity contribution is -0.195. The standard InChI is InChI=1S/C36H32ClF7N8O3.C35H31ClF7N9O3/c1-20-49-35(17-33(2,3)18-45,24-7-4-21(5-8-24)23-14-47-50(15-23)32(40)41)31(54)51(20)27(16-55-28(53)13-34(10-11-34)36(42,43)44)22-6-9-25(37)26(12-22)52-30(29(38)39)46-19-48-52;1-32(2,17-44)16-34(22-6-3-19(4-7-22)21-13-47-50(14-21)30(39)40)29(54)51(31(45)49-34)25(15-55-26(53)12-33(9-10-33)35(41,42)43)20-5-8-23(36)24(11-20)52-28(27(37)38)46-18-48-52/h4-9,12,14-15,19,27,29,32,49H,1,10-11,13,16-17H2,2-3H3;3-8,11,13-14,18,25,27,30H,9-10,12,15-16H2,1-2H3,(H2,45,49)/t27-,35-;25-,34-/m11/s1. The molecule has 0 unspecified atom stereocenters. The van der Waals surface area contributed by atoms with Gasteiger partial charge >= 0.3 is 37.4 Å². The number of aliphatic imine (C=N–C) groups is 1. The number of carbonyl (C=O) groups excluding carboxylic acids is 4. The van der Waals surface area contributed by atoms with Gasteiger partial charge in [-0.05, 0) is 111 Å². The molecule has 580 valence electrons. The van der Waals surface area contributed by atoms with Gasteiger partial charge in [0.2, 0.25) is 0 Å². The number of guanidine groups is 1. The van der Waals surface area contributed by atoms with E-state index in [9.17, 15) is 91.2 Å². The average molecular weight is 1590 g/mol. The highest BCUT2D eigenvalue weighted by molar-refractivity contribution is 6.32. The number of ether oxygens (including phenoxy) is 2. The lowest BCUT2D eigenvalue weighted by Crippen LogP contribution is -2.47. The first-order valence-electron chi connectivity index (χ1n) is 33.2. The molecule has 4 aromatic carbocycles. The summed E-state index contributed by atoms with van der Waals surface area (Å²) < 4.78 is 204. The fourth-order valence-corrected chi connectivity index (χ4v) is 13.6. The van der Waals surface area contributed by atoms with E-state index in [1.165, 1.54) is 73.1 Å². The molecule has 4 aliphatic rings. The summed E-state index contributed by atoms with van der Waals surface area (Å²) in [4.78, 5) is 69.6. The summed E-state index contributed by atoms with van der Waals surface area (Å²) in [5.74, 6) is -5.94. The molecule has 4 atom stereocenters. The number of nitriles is 2. The third kappa shape index (κ3) is 15.9. The summed E-state index contributed by atoms with van der Waals surface area (Å²) in [6.45, 7) is 3.13. The molecule has 12 rings (SSSR count). The molecule has 8 aromatic rings. The van der Waals surface area contributed by atoms with Gasteiger partial charge in [0.25, 0.3) is 24.7 Å². The number of nitrogens with two attached hydrogens (primary N) is 1. The van der Waals surface area contributed by atoms with Crippen molar-refractivity contribution in [2.45, 2.75) is 141 Å². The maximum atomic E-state index is 15.0. The van der Waals surface area contributed by atoms with Crippen LogP contribution in [-0.2, 0) is 39.7 Å². The Kier molecular flexibility index (Phi) is 21.9. The molecule has 0 spiro atoms. The Morgan fingerprint density at radius 2 is 1.00 bits per heavy atom. The maximum Gasteiger partial charge on any atom is 0.395 e. The van der Waals surface area contributed by atoms with Crippen molar-refractivity contribution in [1.29, 1.82) is 10.5 Å². The van der Waals surface area contributed by atoms with E-state index in [1.807, 2.05) is 0 Å². The highest BCUT2D eigenvalue weighted by Crippen LogP contribution is 2.61. The van der Waals surface area contributed by atoms with E-state index in [0.717, 1.165) is 44.2 Å². The van der Waals surface area contributed by atoms with Crippen LogP contribution in [0.1, 0.15) is 151 Å². The predicted octanol–water partition coefficient (Wildman–Crippen LogP) is 15.6. The van der Waals surface area contributed by atoms with Crippen molar-refractivity contribution < 1.29 is 90.1 Å². The molecule has 4 aromatic heterocycles. The van der Waals surface area contributed by atoms with E-state index >= 15 is 0 Å². The molecule has 2 aliphatic carbocycles. The lowest BCUT2D eigenvalue weighted by atomic mass is 9.75. The van der Waals surface area contributed by atoms with Gasteiger partial charge in [-0.1, -0.05) is 90.4 Å². The largest absolute Gasteiger partial charge is 0.463 e. The molecular weight excluding hydrogens is 1520 g/mol. The van der Waals surface area contributed by atoms with Crippen LogP contribution in [0.3, 0.4) is 0 Å². The minimum absolute atomic E-state index is 0.0539. The van der Waals surface area contributed by atoms with Gasteiger partial charge < -0.3 is 20.5 Å². The van der Waals surface area contributed by atoms with E-state index in [2.05, 4.69) is 59.4 Å². The number of alkyl halides is 14. The van der Waals surface area contributed by atoms with Gasteiger partial charge in [0.15, 0.2) is 23.1 Å². The van der Waals surface area contributed by atoms with Crippen LogP contribution in [0.25, 0.3) is 33.6 Å². The number of nitrogens with zero attached hydrogens (tertiary/aromatic N) is 15. The van der Waals surface area contributed by atoms with Gasteiger partial charge in [-0.25, -0.2) is 51.2 Å². The van der Waals surface area contributed by atoms with Crippen molar-refractivity contribution >= 4 is 52.9 Å². The zero-order valence-corrected chi connectivity index (χ0v) is 59.6. The summed E-state index contributed by atoms with van der Waals surface area (Å²) in [5.41, 5.74) is -1.81. The van der Waals surface area contributed by atoms with Gasteiger partial charge in [-0.3, -0.25) is 29.0 Å². The first-order chi connectivity index (χ1) is 51.6. The zero-order chi connectivity index (χ0) is 80.2. The highest BCUT2D eigenvalue weighted by Gasteiger charge is 2.65. The molecule has 1 saturated heterocycles. The molecule has 6 heterocycles. The number of benzene rings is 4. The van der Waals surface area contributed by atoms with E-state index in [0.29, 0.717) is 37.2 Å². The SMILES string of the molecule is C=C1N[C@](CC(C)(C)C#N)(c2ccc(-c3cnn(C(F)F)c3)cc2)C(=O)N1[C@H](COC(=O)CC1(C(F)(F)F)CC1)c1ccc(Cl)c(-n2ncnc2C(F)F)c1.CC(C)(C#N)C[C@]1(c2ccc(-c3cnn(C(F)F)c3)cc2)N=C(N)N([C@H](COC(=O)CC2(C(F)(F)F)CC2)c2ccc(Cl)c(-n3ncnc3C(F)F)c2)C1=O.